The van der Waals surface area contributed by atoms with E-state index in [1.54, 1.807) is 18.0 Å². The Morgan fingerprint density at radius 3 is 2.63 bits per heavy atom. The van der Waals surface area contributed by atoms with Crippen molar-refractivity contribution in [3.8, 4) is 0 Å². The summed E-state index contributed by atoms with van der Waals surface area (Å²) in [5, 5.41) is 3.06. The molecule has 1 aromatic rings. The molecule has 0 saturated carbocycles. The number of nitrogens with zero attached hydrogens (tertiary/aromatic N) is 3. The molecule has 1 atom stereocenters. The van der Waals surface area contributed by atoms with Gasteiger partial charge in [-0.2, -0.15) is 0 Å². The van der Waals surface area contributed by atoms with E-state index in [1.165, 1.54) is 12.8 Å². The predicted molar refractivity (Wildman–Crippen MR) is 104 cm³/mol. The highest BCUT2D eigenvalue weighted by Gasteiger charge is 2.25. The van der Waals surface area contributed by atoms with E-state index in [-0.39, 0.29) is 18.0 Å². The fourth-order valence-corrected chi connectivity index (χ4v) is 3.79. The third-order valence-electron chi connectivity index (χ3n) is 5.35. The van der Waals surface area contributed by atoms with Crippen molar-refractivity contribution < 1.29 is 14.3 Å². The minimum atomic E-state index is -0.269. The molecule has 0 radical (unpaired) electrons. The molecule has 2 amide bonds. The minimum absolute atomic E-state index is 0.0748. The van der Waals surface area contributed by atoms with Crippen LogP contribution in [0, 0.1) is 5.92 Å². The zero-order chi connectivity index (χ0) is 19.2. The molecule has 1 aromatic heterocycles. The predicted octanol–water partition coefficient (Wildman–Crippen LogP) is 2.67. The zero-order valence-corrected chi connectivity index (χ0v) is 16.3. The molecular weight excluding hydrogens is 344 g/mol. The first-order valence-electron chi connectivity index (χ1n) is 10.0. The van der Waals surface area contributed by atoms with E-state index in [0.717, 1.165) is 31.7 Å². The number of aromatic nitrogens is 1. The smallest absolute Gasteiger partial charge is 0.409 e. The van der Waals surface area contributed by atoms with Gasteiger partial charge >= 0.3 is 6.09 Å². The molecule has 7 heteroatoms. The van der Waals surface area contributed by atoms with Gasteiger partial charge in [0.1, 0.15) is 5.82 Å². The highest BCUT2D eigenvalue weighted by molar-refractivity contribution is 5.94. The summed E-state index contributed by atoms with van der Waals surface area (Å²) in [6, 6.07) is 3.87. The summed E-state index contributed by atoms with van der Waals surface area (Å²) in [5.74, 6) is 1.53. The van der Waals surface area contributed by atoms with Gasteiger partial charge in [-0.3, -0.25) is 4.79 Å². The Balaban J connectivity index is 1.49. The Morgan fingerprint density at radius 1 is 1.22 bits per heavy atom. The number of carbonyl (C=O) groups excluding carboxylic acids is 2. The van der Waals surface area contributed by atoms with Gasteiger partial charge < -0.3 is 19.9 Å². The van der Waals surface area contributed by atoms with E-state index in [9.17, 15) is 9.59 Å². The molecule has 3 rings (SSSR count). The molecule has 3 heterocycles. The normalized spacial score (nSPS) is 21.0. The SMILES string of the molecule is CCOC(=O)N1CCC(NC(=O)c2ccc(N3CCCC(C)C3)nc2)CC1. The number of anilines is 1. The maximum atomic E-state index is 12.5. The second kappa shape index (κ2) is 9.06. The van der Waals surface area contributed by atoms with Crippen molar-refractivity contribution >= 4 is 17.8 Å². The Kier molecular flexibility index (Phi) is 6.53. The molecule has 0 bridgehead atoms. The molecule has 2 fully saturated rings. The van der Waals surface area contributed by atoms with E-state index < -0.39 is 0 Å². The molecule has 1 unspecified atom stereocenters. The number of piperidine rings is 2. The number of nitrogens with one attached hydrogen (secondary N) is 1. The Labute approximate surface area is 161 Å². The molecular formula is C20H30N4O3. The first-order chi connectivity index (χ1) is 13.1. The molecule has 0 aliphatic carbocycles. The zero-order valence-electron chi connectivity index (χ0n) is 16.3. The summed E-state index contributed by atoms with van der Waals surface area (Å²) < 4.78 is 5.02. The molecule has 0 aromatic carbocycles. The van der Waals surface area contributed by atoms with Crippen LogP contribution in [0.1, 0.15) is 49.9 Å². The lowest BCUT2D eigenvalue weighted by Gasteiger charge is -2.32. The summed E-state index contributed by atoms with van der Waals surface area (Å²) >= 11 is 0. The lowest BCUT2D eigenvalue weighted by molar-refractivity contribution is 0.0860. The maximum absolute atomic E-state index is 12.5. The van der Waals surface area contributed by atoms with Crippen molar-refractivity contribution in [2.24, 2.45) is 5.92 Å². The van der Waals surface area contributed by atoms with E-state index in [1.807, 2.05) is 12.1 Å². The number of hydrogen-bond acceptors (Lipinski definition) is 5. The molecule has 2 saturated heterocycles. The molecule has 2 aliphatic heterocycles. The summed E-state index contributed by atoms with van der Waals surface area (Å²) in [4.78, 5) is 32.7. The van der Waals surface area contributed by atoms with Gasteiger partial charge in [0, 0.05) is 38.4 Å². The average molecular weight is 374 g/mol. The number of ether oxygens (including phenoxy) is 1. The first kappa shape index (κ1) is 19.5. The highest BCUT2D eigenvalue weighted by atomic mass is 16.6. The van der Waals surface area contributed by atoms with Gasteiger partial charge in [0.05, 0.1) is 12.2 Å². The van der Waals surface area contributed by atoms with Gasteiger partial charge in [-0.05, 0) is 50.7 Å². The van der Waals surface area contributed by atoms with Crippen LogP contribution in [0.15, 0.2) is 18.3 Å². The van der Waals surface area contributed by atoms with Crippen molar-refractivity contribution in [3.05, 3.63) is 23.9 Å². The van der Waals surface area contributed by atoms with Crippen molar-refractivity contribution in [3.63, 3.8) is 0 Å². The standard InChI is InChI=1S/C20H30N4O3/c1-3-27-20(26)23-11-8-17(9-12-23)22-19(25)16-6-7-18(21-13-16)24-10-4-5-15(2)14-24/h6-7,13,15,17H,3-5,8-12,14H2,1-2H3,(H,22,25). The molecule has 0 spiro atoms. The van der Waals surface area contributed by atoms with Crippen LogP contribution in [0.5, 0.6) is 0 Å². The lowest BCUT2D eigenvalue weighted by Crippen LogP contribution is -2.46. The third kappa shape index (κ3) is 5.11. The lowest BCUT2D eigenvalue weighted by atomic mass is 10.0. The van der Waals surface area contributed by atoms with Crippen LogP contribution in [0.4, 0.5) is 10.6 Å². The molecule has 27 heavy (non-hydrogen) atoms. The van der Waals surface area contributed by atoms with Gasteiger partial charge in [-0.15, -0.1) is 0 Å². The molecule has 148 valence electrons. The van der Waals surface area contributed by atoms with E-state index >= 15 is 0 Å². The van der Waals surface area contributed by atoms with Crippen molar-refractivity contribution in [1.29, 1.82) is 0 Å². The highest BCUT2D eigenvalue weighted by Crippen LogP contribution is 2.21. The average Bonchev–Trinajstić information content (AvgIpc) is 2.69. The van der Waals surface area contributed by atoms with Crippen LogP contribution >= 0.6 is 0 Å². The summed E-state index contributed by atoms with van der Waals surface area (Å²) in [5.41, 5.74) is 0.580. The van der Waals surface area contributed by atoms with E-state index in [2.05, 4.69) is 22.1 Å². The fourth-order valence-electron chi connectivity index (χ4n) is 3.79. The topological polar surface area (TPSA) is 74.8 Å². The largest absolute Gasteiger partial charge is 0.450 e. The molecule has 1 N–H and O–H groups in total. The Morgan fingerprint density at radius 2 is 2.00 bits per heavy atom. The number of likely N-dealkylation sites (tertiary alicyclic amines) is 1. The number of pyridine rings is 1. The monoisotopic (exact) mass is 374 g/mol. The van der Waals surface area contributed by atoms with Crippen LogP contribution in [-0.4, -0.2) is 60.7 Å². The summed E-state index contributed by atoms with van der Waals surface area (Å²) in [7, 11) is 0. The van der Waals surface area contributed by atoms with Gasteiger partial charge in [0.25, 0.3) is 5.91 Å². The minimum Gasteiger partial charge on any atom is -0.450 e. The number of amides is 2. The van der Waals surface area contributed by atoms with Crippen LogP contribution < -0.4 is 10.2 Å². The van der Waals surface area contributed by atoms with Crippen LogP contribution in [0.2, 0.25) is 0 Å². The van der Waals surface area contributed by atoms with E-state index in [4.69, 9.17) is 4.74 Å². The van der Waals surface area contributed by atoms with Gasteiger partial charge in [0.15, 0.2) is 0 Å². The third-order valence-corrected chi connectivity index (χ3v) is 5.35. The first-order valence-corrected chi connectivity index (χ1v) is 10.0. The molecule has 7 nitrogen and oxygen atoms in total. The van der Waals surface area contributed by atoms with Gasteiger partial charge in [-0.1, -0.05) is 6.92 Å². The van der Waals surface area contributed by atoms with Crippen LogP contribution in [0.3, 0.4) is 0 Å². The van der Waals surface area contributed by atoms with Crippen molar-refractivity contribution in [2.75, 3.05) is 37.7 Å². The molecule has 2 aliphatic rings. The van der Waals surface area contributed by atoms with Crippen LogP contribution in [-0.2, 0) is 4.74 Å². The summed E-state index contributed by atoms with van der Waals surface area (Å²) in [6.45, 7) is 7.72. The number of hydrogen-bond donors (Lipinski definition) is 1. The second-order valence-corrected chi connectivity index (χ2v) is 7.53. The van der Waals surface area contributed by atoms with Gasteiger partial charge in [0.2, 0.25) is 0 Å². The van der Waals surface area contributed by atoms with Crippen LogP contribution in [0.25, 0.3) is 0 Å². The van der Waals surface area contributed by atoms with E-state index in [0.29, 0.717) is 31.2 Å². The Bertz CT molecular complexity index is 641. The second-order valence-electron chi connectivity index (χ2n) is 7.53. The number of carbonyl (C=O) groups is 2. The van der Waals surface area contributed by atoms with Crippen molar-refractivity contribution in [2.45, 2.75) is 45.6 Å². The van der Waals surface area contributed by atoms with Crippen molar-refractivity contribution in [1.82, 2.24) is 15.2 Å². The fraction of sp³-hybridized carbons (Fsp3) is 0.650. The maximum Gasteiger partial charge on any atom is 0.409 e. The summed E-state index contributed by atoms with van der Waals surface area (Å²) in [6.07, 6.45) is 5.33. The Hall–Kier alpha value is -2.31. The quantitative estimate of drug-likeness (QED) is 0.877. The number of rotatable bonds is 4. The van der Waals surface area contributed by atoms with Gasteiger partial charge in [-0.25, -0.2) is 9.78 Å².